The normalized spacial score (nSPS) is 18.2. The number of aromatic nitrogens is 1. The second-order valence-corrected chi connectivity index (χ2v) is 14.1. The first-order valence-electron chi connectivity index (χ1n) is 13.5. The third-order valence-corrected chi connectivity index (χ3v) is 7.81. The Morgan fingerprint density at radius 2 is 1.64 bits per heavy atom. The molecule has 0 saturated carbocycles. The van der Waals surface area contributed by atoms with Crippen LogP contribution < -0.4 is 0 Å². The van der Waals surface area contributed by atoms with Crippen LogP contribution in [0.2, 0.25) is 0 Å². The molecule has 0 aliphatic carbocycles. The average molecular weight is 635 g/mol. The highest BCUT2D eigenvalue weighted by molar-refractivity contribution is 7.87. The Balaban J connectivity index is 0.00000330. The number of imide groups is 1. The maximum absolute atomic E-state index is 15.2. The van der Waals surface area contributed by atoms with Gasteiger partial charge in [-0.3, -0.25) is 18.6 Å². The number of alkyl halides is 1. The number of ether oxygens (including phenoxy) is 2. The average Bonchev–Trinajstić information content (AvgIpc) is 2.91. The monoisotopic (exact) mass is 634 g/mol. The standard InChI is InChI=1S/C30H34F2N4O5S.CH3F/c1-28(2,3)40-26(37)36(27(38)41-29(4,5)6)25-30(7,8)42(39)17-24(35-25)20-13-18(9-11-21(20)31)14-22(32)23-12-10-19(15-33)16-34-23;1-2/h9-14,16,24H,17H2,1-8H3;1H3/b22-14-;. The Kier molecular flexibility index (Phi) is 11.6. The van der Waals surface area contributed by atoms with Gasteiger partial charge in [0.05, 0.1) is 35.0 Å². The van der Waals surface area contributed by atoms with Crippen LogP contribution in [0, 0.1) is 17.1 Å². The summed E-state index contributed by atoms with van der Waals surface area (Å²) < 4.78 is 62.7. The van der Waals surface area contributed by atoms with Crippen LogP contribution in [0.5, 0.6) is 0 Å². The van der Waals surface area contributed by atoms with Crippen molar-refractivity contribution in [1.82, 2.24) is 9.88 Å². The van der Waals surface area contributed by atoms with Crippen LogP contribution in [0.1, 0.15) is 83.8 Å². The van der Waals surface area contributed by atoms with Crippen LogP contribution in [0.15, 0.2) is 41.5 Å². The van der Waals surface area contributed by atoms with Gasteiger partial charge in [-0.1, -0.05) is 6.07 Å². The van der Waals surface area contributed by atoms with Gasteiger partial charge in [-0.05, 0) is 91.3 Å². The van der Waals surface area contributed by atoms with Gasteiger partial charge in [0.1, 0.15) is 34.8 Å². The highest BCUT2D eigenvalue weighted by Crippen LogP contribution is 2.35. The summed E-state index contributed by atoms with van der Waals surface area (Å²) in [5, 5.41) is 8.93. The van der Waals surface area contributed by atoms with Gasteiger partial charge < -0.3 is 9.47 Å². The van der Waals surface area contributed by atoms with Gasteiger partial charge >= 0.3 is 12.2 Å². The predicted molar refractivity (Wildman–Crippen MR) is 163 cm³/mol. The molecule has 0 N–H and O–H groups in total. The van der Waals surface area contributed by atoms with Gasteiger partial charge in [0.25, 0.3) is 0 Å². The summed E-state index contributed by atoms with van der Waals surface area (Å²) in [6.07, 6.45) is 0.194. The number of aliphatic imine (C=N–C) groups is 1. The van der Waals surface area contributed by atoms with Crippen molar-refractivity contribution in [3.8, 4) is 6.07 Å². The number of hydrogen-bond donors (Lipinski definition) is 0. The van der Waals surface area contributed by atoms with Crippen molar-refractivity contribution in [3.05, 3.63) is 64.7 Å². The lowest BCUT2D eigenvalue weighted by Crippen LogP contribution is -2.57. The van der Waals surface area contributed by atoms with E-state index in [0.29, 0.717) is 12.1 Å². The minimum atomic E-state index is -1.75. The number of pyridine rings is 1. The van der Waals surface area contributed by atoms with E-state index in [1.54, 1.807) is 55.4 Å². The highest BCUT2D eigenvalue weighted by atomic mass is 32.2. The van der Waals surface area contributed by atoms with Crippen LogP contribution in [-0.4, -0.2) is 61.0 Å². The quantitative estimate of drug-likeness (QED) is 0.347. The van der Waals surface area contributed by atoms with Gasteiger partial charge in [-0.25, -0.2) is 18.4 Å². The molecule has 0 fully saturated rings. The molecule has 1 aromatic carbocycles. The number of carbonyl (C=O) groups excluding carboxylic acids is 2. The van der Waals surface area contributed by atoms with Crippen LogP contribution in [0.25, 0.3) is 11.9 Å². The SMILES string of the molecule is CC(C)(C)OC(=O)N(C(=O)OC(C)(C)C)C1=NC(c2cc(/C=C(\F)c3ccc(C#N)cn3)ccc2F)CS(=O)C1(C)C.CF. The summed E-state index contributed by atoms with van der Waals surface area (Å²) in [6.45, 7) is 12.8. The summed E-state index contributed by atoms with van der Waals surface area (Å²) >= 11 is 0. The molecule has 2 atom stereocenters. The van der Waals surface area contributed by atoms with E-state index in [-0.39, 0.29) is 34.0 Å². The third kappa shape index (κ3) is 9.22. The molecule has 0 spiro atoms. The van der Waals surface area contributed by atoms with E-state index in [2.05, 4.69) is 9.98 Å². The topological polar surface area (TPSA) is 122 Å². The number of nitriles is 1. The summed E-state index contributed by atoms with van der Waals surface area (Å²) in [6, 6.07) is 7.41. The maximum Gasteiger partial charge on any atom is 0.425 e. The molecule has 0 saturated heterocycles. The van der Waals surface area contributed by atoms with Crippen LogP contribution in [0.3, 0.4) is 0 Å². The molecule has 1 aliphatic heterocycles. The molecular weight excluding hydrogens is 597 g/mol. The number of rotatable bonds is 3. The Morgan fingerprint density at radius 3 is 2.11 bits per heavy atom. The van der Waals surface area contributed by atoms with Crippen molar-refractivity contribution < 1.29 is 36.4 Å². The summed E-state index contributed by atoms with van der Waals surface area (Å²) in [4.78, 5) is 35.7. The zero-order valence-electron chi connectivity index (χ0n) is 26.2. The van der Waals surface area contributed by atoms with Gasteiger partial charge in [-0.15, -0.1) is 0 Å². The van der Waals surface area contributed by atoms with E-state index in [1.807, 2.05) is 6.07 Å². The first-order valence-corrected chi connectivity index (χ1v) is 14.8. The van der Waals surface area contributed by atoms with E-state index in [1.165, 1.54) is 30.5 Å². The van der Waals surface area contributed by atoms with Crippen molar-refractivity contribution in [2.45, 2.75) is 77.4 Å². The molecule has 1 aliphatic rings. The number of amidine groups is 1. The van der Waals surface area contributed by atoms with Crippen LogP contribution in [0.4, 0.5) is 22.8 Å². The van der Waals surface area contributed by atoms with Crippen molar-refractivity contribution in [2.75, 3.05) is 12.9 Å². The van der Waals surface area contributed by atoms with E-state index in [4.69, 9.17) is 14.7 Å². The van der Waals surface area contributed by atoms with Crippen molar-refractivity contribution in [1.29, 1.82) is 5.26 Å². The van der Waals surface area contributed by atoms with Gasteiger partial charge in [0.15, 0.2) is 0 Å². The molecule has 44 heavy (non-hydrogen) atoms. The zero-order valence-corrected chi connectivity index (χ0v) is 27.0. The molecule has 2 aromatic rings. The lowest BCUT2D eigenvalue weighted by Gasteiger charge is -2.38. The maximum atomic E-state index is 15.2. The number of amides is 2. The minimum Gasteiger partial charge on any atom is -0.443 e. The minimum absolute atomic E-state index is 0.0148. The fraction of sp³-hybridized carbons (Fsp3) is 0.452. The Labute approximate surface area is 258 Å². The predicted octanol–water partition coefficient (Wildman–Crippen LogP) is 7.30. The molecule has 2 heterocycles. The van der Waals surface area contributed by atoms with E-state index in [0.717, 1.165) is 12.1 Å². The van der Waals surface area contributed by atoms with Crippen LogP contribution in [-0.2, 0) is 20.3 Å². The molecule has 13 heteroatoms. The fourth-order valence-electron chi connectivity index (χ4n) is 3.87. The molecule has 0 bridgehead atoms. The summed E-state index contributed by atoms with van der Waals surface area (Å²) in [5.74, 6) is -1.77. The van der Waals surface area contributed by atoms with Gasteiger partial charge in [0.2, 0.25) is 0 Å². The third-order valence-electron chi connectivity index (χ3n) is 5.87. The van der Waals surface area contributed by atoms with E-state index in [9.17, 15) is 22.6 Å². The molecule has 2 unspecified atom stereocenters. The fourth-order valence-corrected chi connectivity index (χ4v) is 5.18. The summed E-state index contributed by atoms with van der Waals surface area (Å²) in [7, 11) is -1.25. The number of carbonyl (C=O) groups is 2. The zero-order chi connectivity index (χ0) is 33.6. The first-order chi connectivity index (χ1) is 20.3. The second-order valence-electron chi connectivity index (χ2n) is 12.1. The largest absolute Gasteiger partial charge is 0.443 e. The Morgan fingerprint density at radius 1 is 1.07 bits per heavy atom. The van der Waals surface area contributed by atoms with Crippen molar-refractivity contribution in [3.63, 3.8) is 0 Å². The van der Waals surface area contributed by atoms with Crippen molar-refractivity contribution in [2.24, 2.45) is 4.99 Å². The molecule has 2 amide bonds. The van der Waals surface area contributed by atoms with Gasteiger partial charge in [0, 0.05) is 22.6 Å². The molecule has 0 radical (unpaired) electrons. The number of hydrogen-bond acceptors (Lipinski definition) is 8. The number of nitrogens with zero attached hydrogens (tertiary/aromatic N) is 4. The molecular formula is C31H37F3N4O5S. The molecule has 3 rings (SSSR count). The Hall–Kier alpha value is -4.05. The molecule has 9 nitrogen and oxygen atoms in total. The van der Waals surface area contributed by atoms with E-state index < -0.39 is 56.6 Å². The van der Waals surface area contributed by atoms with Gasteiger partial charge in [-0.2, -0.15) is 10.2 Å². The molecule has 1 aromatic heterocycles. The lowest BCUT2D eigenvalue weighted by molar-refractivity contribution is 0.0140. The smallest absolute Gasteiger partial charge is 0.425 e. The summed E-state index contributed by atoms with van der Waals surface area (Å²) in [5.41, 5.74) is -1.49. The second kappa shape index (κ2) is 14.2. The van der Waals surface area contributed by atoms with Crippen LogP contribution >= 0.6 is 0 Å². The molecule has 238 valence electrons. The number of benzene rings is 1. The van der Waals surface area contributed by atoms with Crippen molar-refractivity contribution >= 4 is 40.7 Å². The highest BCUT2D eigenvalue weighted by Gasteiger charge is 2.47. The lowest BCUT2D eigenvalue weighted by atomic mass is 10.0. The first kappa shape index (κ1) is 36.1. The van der Waals surface area contributed by atoms with E-state index >= 15 is 4.39 Å². The Bertz CT molecular complexity index is 1480. The number of halogens is 3.